The predicted molar refractivity (Wildman–Crippen MR) is 111 cm³/mol. The maximum Gasteiger partial charge on any atom is 0.379 e. The third-order valence-corrected chi connectivity index (χ3v) is 3.67. The van der Waals surface area contributed by atoms with Crippen molar-refractivity contribution in [1.82, 2.24) is 9.80 Å². The largest absolute Gasteiger partial charge is 0.481 e. The standard InChI is InChI=1S/2C6H15NO3.C5H7NO6/c2*8-4-1-7(2-5-9)3-6-10;7-4(8)2-1-3(5(9)10)6(11)12/h2*8-10H,1-6H2;3H,1-2H2,(H,7,8)(H,9,10). The molecular weight excluding hydrogens is 438 g/mol. The molecule has 8 N–H and O–H groups in total. The Bertz CT molecular complexity index is 410. The molecule has 1 unspecified atom stereocenters. The van der Waals surface area contributed by atoms with Crippen LogP contribution in [0.3, 0.4) is 0 Å². The number of carboxylic acids is 2. The summed E-state index contributed by atoms with van der Waals surface area (Å²) in [7, 11) is 0. The van der Waals surface area contributed by atoms with Crippen LogP contribution in [0.25, 0.3) is 0 Å². The van der Waals surface area contributed by atoms with Gasteiger partial charge in [0.25, 0.3) is 0 Å². The van der Waals surface area contributed by atoms with Crippen LogP contribution in [0, 0.1) is 10.1 Å². The van der Waals surface area contributed by atoms with E-state index in [0.717, 1.165) is 0 Å². The summed E-state index contributed by atoms with van der Waals surface area (Å²) in [5.74, 6) is -2.86. The van der Waals surface area contributed by atoms with E-state index in [-0.39, 0.29) is 39.6 Å². The van der Waals surface area contributed by atoms with Gasteiger partial charge < -0.3 is 40.9 Å². The van der Waals surface area contributed by atoms with Crippen molar-refractivity contribution in [3.8, 4) is 0 Å². The Morgan fingerprint density at radius 3 is 1.12 bits per heavy atom. The normalized spacial score (nSPS) is 11.2. The Kier molecular flexibility index (Phi) is 27.4. The van der Waals surface area contributed by atoms with Crippen LogP contribution in [-0.2, 0) is 9.59 Å². The predicted octanol–water partition coefficient (Wildman–Crippen LogP) is -3.89. The number of carboxylic acid groups (broad SMARTS) is 2. The van der Waals surface area contributed by atoms with Crippen molar-refractivity contribution >= 4 is 11.9 Å². The first-order chi connectivity index (χ1) is 15.1. The summed E-state index contributed by atoms with van der Waals surface area (Å²) in [6.45, 7) is 3.51. The van der Waals surface area contributed by atoms with Crippen LogP contribution in [0.5, 0.6) is 0 Å². The molecule has 0 bridgehead atoms. The van der Waals surface area contributed by atoms with Gasteiger partial charge in [-0.2, -0.15) is 0 Å². The summed E-state index contributed by atoms with van der Waals surface area (Å²) >= 11 is 0. The first-order valence-electron chi connectivity index (χ1n) is 9.82. The van der Waals surface area contributed by atoms with E-state index in [2.05, 4.69) is 0 Å². The van der Waals surface area contributed by atoms with Crippen LogP contribution in [0.1, 0.15) is 12.8 Å². The van der Waals surface area contributed by atoms with E-state index < -0.39 is 35.7 Å². The van der Waals surface area contributed by atoms with Gasteiger partial charge in [0, 0.05) is 50.6 Å². The van der Waals surface area contributed by atoms with Gasteiger partial charge in [-0.25, -0.2) is 4.79 Å². The lowest BCUT2D eigenvalue weighted by Gasteiger charge is -2.17. The van der Waals surface area contributed by atoms with Gasteiger partial charge in [-0.1, -0.05) is 0 Å². The van der Waals surface area contributed by atoms with Crippen molar-refractivity contribution in [3.63, 3.8) is 0 Å². The smallest absolute Gasteiger partial charge is 0.379 e. The molecule has 0 aliphatic rings. The number of aliphatic hydroxyl groups is 6. The number of hydrogen-bond donors (Lipinski definition) is 8. The summed E-state index contributed by atoms with van der Waals surface area (Å²) in [5.41, 5.74) is 0. The van der Waals surface area contributed by atoms with E-state index >= 15 is 0 Å². The second-order valence-electron chi connectivity index (χ2n) is 6.10. The number of rotatable bonds is 17. The maximum absolute atomic E-state index is 10.1. The zero-order chi connectivity index (χ0) is 25.4. The Labute approximate surface area is 185 Å². The molecule has 0 aromatic rings. The number of nitro groups is 1. The number of aliphatic hydroxyl groups excluding tert-OH is 6. The number of hydrogen-bond acceptors (Lipinski definition) is 12. The Morgan fingerprint density at radius 1 is 0.688 bits per heavy atom. The lowest BCUT2D eigenvalue weighted by atomic mass is 10.2. The molecule has 1 atom stereocenters. The fraction of sp³-hybridized carbons (Fsp3) is 0.882. The average Bonchev–Trinajstić information content (AvgIpc) is 2.69. The van der Waals surface area contributed by atoms with Crippen molar-refractivity contribution in [1.29, 1.82) is 0 Å². The van der Waals surface area contributed by atoms with Crippen LogP contribution in [0.15, 0.2) is 0 Å². The van der Waals surface area contributed by atoms with Gasteiger partial charge in [0.15, 0.2) is 0 Å². The molecule has 0 fully saturated rings. The minimum absolute atomic E-state index is 0.0694. The van der Waals surface area contributed by atoms with Gasteiger partial charge in [0.2, 0.25) is 0 Å². The number of nitrogens with zero attached hydrogens (tertiary/aromatic N) is 3. The summed E-state index contributed by atoms with van der Waals surface area (Å²) in [6, 6.07) is -1.82. The molecule has 15 nitrogen and oxygen atoms in total. The topological polar surface area (TPSA) is 246 Å². The van der Waals surface area contributed by atoms with Gasteiger partial charge in [-0.3, -0.25) is 24.7 Å². The summed E-state index contributed by atoms with van der Waals surface area (Å²) in [6.07, 6.45) is -1.00. The molecule has 0 amide bonds. The first kappa shape index (κ1) is 34.6. The fourth-order valence-electron chi connectivity index (χ4n) is 2.10. The zero-order valence-corrected chi connectivity index (χ0v) is 18.0. The third-order valence-electron chi connectivity index (χ3n) is 3.67. The highest BCUT2D eigenvalue weighted by Crippen LogP contribution is 2.01. The fourth-order valence-corrected chi connectivity index (χ4v) is 2.10. The van der Waals surface area contributed by atoms with Gasteiger partial charge >= 0.3 is 18.0 Å². The van der Waals surface area contributed by atoms with Crippen molar-refractivity contribution < 1.29 is 55.4 Å². The van der Waals surface area contributed by atoms with Gasteiger partial charge in [-0.15, -0.1) is 0 Å². The van der Waals surface area contributed by atoms with E-state index in [1.54, 1.807) is 9.80 Å². The van der Waals surface area contributed by atoms with Crippen LogP contribution < -0.4 is 0 Å². The Hall–Kier alpha value is -1.98. The van der Waals surface area contributed by atoms with Gasteiger partial charge in [0.05, 0.1) is 46.1 Å². The van der Waals surface area contributed by atoms with E-state index in [0.29, 0.717) is 39.3 Å². The summed E-state index contributed by atoms with van der Waals surface area (Å²) in [4.78, 5) is 32.6. The van der Waals surface area contributed by atoms with Crippen LogP contribution in [0.2, 0.25) is 0 Å². The van der Waals surface area contributed by atoms with E-state index in [4.69, 9.17) is 40.9 Å². The number of aliphatic carboxylic acids is 2. The molecule has 15 heteroatoms. The molecule has 0 aromatic carbocycles. The zero-order valence-electron chi connectivity index (χ0n) is 18.0. The van der Waals surface area contributed by atoms with E-state index in [1.165, 1.54) is 0 Å². The third kappa shape index (κ3) is 24.3. The van der Waals surface area contributed by atoms with Gasteiger partial charge in [-0.05, 0) is 0 Å². The Balaban J connectivity index is -0.000000397. The average molecular weight is 475 g/mol. The number of carbonyl (C=O) groups is 2. The molecule has 0 aromatic heterocycles. The second-order valence-corrected chi connectivity index (χ2v) is 6.10. The van der Waals surface area contributed by atoms with Crippen molar-refractivity contribution in [2.75, 3.05) is 78.9 Å². The van der Waals surface area contributed by atoms with Crippen molar-refractivity contribution in [2.45, 2.75) is 18.9 Å². The minimum atomic E-state index is -1.82. The van der Waals surface area contributed by atoms with Crippen LogP contribution in [-0.4, -0.2) is 152 Å². The van der Waals surface area contributed by atoms with Crippen LogP contribution in [0.4, 0.5) is 0 Å². The molecule has 0 saturated heterocycles. The summed E-state index contributed by atoms with van der Waals surface area (Å²) < 4.78 is 0. The lowest BCUT2D eigenvalue weighted by Crippen LogP contribution is -2.32. The monoisotopic (exact) mass is 475 g/mol. The second kappa shape index (κ2) is 25.3. The van der Waals surface area contributed by atoms with Crippen molar-refractivity contribution in [3.05, 3.63) is 10.1 Å². The van der Waals surface area contributed by atoms with Crippen molar-refractivity contribution in [2.24, 2.45) is 0 Å². The molecule has 192 valence electrons. The SMILES string of the molecule is O=C(O)CCC(C(=O)O)[N+](=O)[O-].OCCN(CCO)CCO.OCCN(CCO)CCO. The molecule has 32 heavy (non-hydrogen) atoms. The first-order valence-corrected chi connectivity index (χ1v) is 9.82. The maximum atomic E-state index is 10.1. The molecule has 0 saturated carbocycles. The highest BCUT2D eigenvalue weighted by molar-refractivity contribution is 5.73. The van der Waals surface area contributed by atoms with Crippen LogP contribution >= 0.6 is 0 Å². The molecule has 0 rings (SSSR count). The highest BCUT2D eigenvalue weighted by Gasteiger charge is 2.29. The minimum Gasteiger partial charge on any atom is -0.481 e. The van der Waals surface area contributed by atoms with Gasteiger partial charge in [0.1, 0.15) is 0 Å². The van der Waals surface area contributed by atoms with E-state index in [1.807, 2.05) is 0 Å². The summed E-state index contributed by atoms with van der Waals surface area (Å²) in [5, 5.41) is 77.2. The quantitative estimate of drug-likeness (QED) is 0.0740. The molecule has 0 aliphatic carbocycles. The molecule has 0 aliphatic heterocycles. The molecule has 0 heterocycles. The Morgan fingerprint density at radius 2 is 0.969 bits per heavy atom. The van der Waals surface area contributed by atoms with E-state index in [9.17, 15) is 19.7 Å². The molecule has 0 radical (unpaired) electrons. The highest BCUT2D eigenvalue weighted by atomic mass is 16.6. The molecular formula is C17H37N3O12. The lowest BCUT2D eigenvalue weighted by molar-refractivity contribution is -0.510. The molecule has 0 spiro atoms.